The summed E-state index contributed by atoms with van der Waals surface area (Å²) in [5, 5.41) is 0. The molecular weight excluding hydrogens is 125 g/mol. The first-order valence-electron chi connectivity index (χ1n) is 2.58. The quantitative estimate of drug-likeness (QED) is 0.321. The van der Waals surface area contributed by atoms with Gasteiger partial charge in [0.05, 0.1) is 0 Å². The molecule has 0 radical (unpaired) electrons. The molecule has 0 atom stereocenters. The Morgan fingerprint density at radius 1 is 1.38 bits per heavy atom. The Bertz CT molecular complexity index is 39.5. The van der Waals surface area contributed by atoms with Gasteiger partial charge in [-0.25, -0.2) is 0 Å². The van der Waals surface area contributed by atoms with Crippen LogP contribution in [0.5, 0.6) is 0 Å². The molecule has 0 saturated carbocycles. The van der Waals surface area contributed by atoms with E-state index < -0.39 is 0 Å². The van der Waals surface area contributed by atoms with Gasteiger partial charge < -0.3 is 18.7 Å². The van der Waals surface area contributed by atoms with Crippen molar-refractivity contribution in [3.8, 4) is 0 Å². The van der Waals surface area contributed by atoms with Gasteiger partial charge >= 0.3 is 51.4 Å². The molecule has 0 aliphatic heterocycles. The van der Waals surface area contributed by atoms with Gasteiger partial charge in [-0.3, -0.25) is 0 Å². The van der Waals surface area contributed by atoms with Gasteiger partial charge in [0.2, 0.25) is 0 Å². The molecule has 0 saturated heterocycles. The fourth-order valence-electron chi connectivity index (χ4n) is 0.382. The van der Waals surface area contributed by atoms with Crippen LogP contribution in [0.25, 0.3) is 0 Å². The van der Waals surface area contributed by atoms with E-state index in [9.17, 15) is 0 Å². The van der Waals surface area contributed by atoms with E-state index in [1.165, 1.54) is 0 Å². The van der Waals surface area contributed by atoms with Crippen LogP contribution in [0, 0.1) is 13.8 Å². The van der Waals surface area contributed by atoms with Crippen LogP contribution in [-0.2, 0) is 0 Å². The molecule has 0 N–H and O–H groups in total. The maximum Gasteiger partial charge on any atom is 1.00 e. The summed E-state index contributed by atoms with van der Waals surface area (Å²) in [6.45, 7) is 9.35. The first-order chi connectivity index (χ1) is 3.31. The van der Waals surface area contributed by atoms with Crippen molar-refractivity contribution in [1.82, 2.24) is 4.90 Å². The van der Waals surface area contributed by atoms with E-state index in [4.69, 9.17) is 0 Å². The largest absolute Gasteiger partial charge is 1.00 e. The summed E-state index contributed by atoms with van der Waals surface area (Å²) < 4.78 is 0. The summed E-state index contributed by atoms with van der Waals surface area (Å²) >= 11 is 0. The SMILES string of the molecule is [CH2-]CCN(C)C[CH2-].[K+]. The summed E-state index contributed by atoms with van der Waals surface area (Å²) in [5.41, 5.74) is 0. The molecule has 44 valence electrons. The molecule has 0 aromatic heterocycles. The van der Waals surface area contributed by atoms with Crippen molar-refractivity contribution in [3.05, 3.63) is 13.8 Å². The van der Waals surface area contributed by atoms with Crippen LogP contribution in [0.4, 0.5) is 0 Å². The van der Waals surface area contributed by atoms with E-state index in [1.807, 2.05) is 7.05 Å². The van der Waals surface area contributed by atoms with Crippen molar-refractivity contribution in [1.29, 1.82) is 0 Å². The standard InChI is InChI=1S/C6H13N.K/c1-4-6-7(3)5-2;/h1-2,4-6H2,3H3;/q-2;+1. The van der Waals surface area contributed by atoms with Crippen LogP contribution in [0.15, 0.2) is 0 Å². The van der Waals surface area contributed by atoms with E-state index in [0.29, 0.717) is 0 Å². The number of nitrogens with zero attached hydrogens (tertiary/aromatic N) is 1. The molecule has 0 spiro atoms. The second-order valence-corrected chi connectivity index (χ2v) is 1.66. The molecule has 0 aliphatic rings. The Hall–Kier alpha value is 1.60. The molecular formula is C6H13KN-. The van der Waals surface area contributed by atoms with Crippen LogP contribution >= 0.6 is 0 Å². The first-order valence-corrected chi connectivity index (χ1v) is 2.58. The van der Waals surface area contributed by atoms with Crippen LogP contribution in [0.1, 0.15) is 6.42 Å². The fraction of sp³-hybridized carbons (Fsp3) is 0.667. The summed E-state index contributed by atoms with van der Waals surface area (Å²) in [6, 6.07) is 0. The Kier molecular flexibility index (Phi) is 13.2. The zero-order valence-electron chi connectivity index (χ0n) is 5.98. The maximum absolute atomic E-state index is 3.70. The normalized spacial score (nSPS) is 9.00. The van der Waals surface area contributed by atoms with Gasteiger partial charge in [0.1, 0.15) is 0 Å². The monoisotopic (exact) mass is 138 g/mol. The Labute approximate surface area is 95.2 Å². The van der Waals surface area contributed by atoms with Gasteiger partial charge in [0.25, 0.3) is 0 Å². The van der Waals surface area contributed by atoms with Crippen LogP contribution in [0.3, 0.4) is 0 Å². The molecule has 0 unspecified atom stereocenters. The van der Waals surface area contributed by atoms with Gasteiger partial charge in [-0.1, -0.05) is 0 Å². The number of hydrogen-bond acceptors (Lipinski definition) is 1. The van der Waals surface area contributed by atoms with Crippen molar-refractivity contribution in [3.63, 3.8) is 0 Å². The molecule has 0 bridgehead atoms. The second kappa shape index (κ2) is 8.60. The maximum atomic E-state index is 3.70. The molecule has 0 aliphatic carbocycles. The van der Waals surface area contributed by atoms with E-state index in [2.05, 4.69) is 18.7 Å². The fourth-order valence-corrected chi connectivity index (χ4v) is 0.382. The summed E-state index contributed by atoms with van der Waals surface area (Å²) in [7, 11) is 2.04. The minimum absolute atomic E-state index is 0. The first kappa shape index (κ1) is 12.3. The van der Waals surface area contributed by atoms with E-state index in [0.717, 1.165) is 19.5 Å². The third kappa shape index (κ3) is 7.60. The average Bonchev–Trinajstić information content (AvgIpc) is 1.68. The molecule has 0 aromatic carbocycles. The molecule has 0 aromatic rings. The van der Waals surface area contributed by atoms with Gasteiger partial charge in [0, 0.05) is 0 Å². The summed E-state index contributed by atoms with van der Waals surface area (Å²) in [5.74, 6) is 0. The number of rotatable bonds is 3. The van der Waals surface area contributed by atoms with E-state index >= 15 is 0 Å². The molecule has 0 fully saturated rings. The van der Waals surface area contributed by atoms with Gasteiger partial charge in [0.15, 0.2) is 0 Å². The van der Waals surface area contributed by atoms with Crippen molar-refractivity contribution >= 4 is 0 Å². The predicted octanol–water partition coefficient (Wildman–Crippen LogP) is -2.02. The minimum atomic E-state index is 0. The van der Waals surface area contributed by atoms with Gasteiger partial charge in [-0.2, -0.15) is 6.42 Å². The smallest absolute Gasteiger partial charge is 0.342 e. The van der Waals surface area contributed by atoms with Crippen LogP contribution < -0.4 is 51.4 Å². The Morgan fingerprint density at radius 3 is 2.00 bits per heavy atom. The molecule has 2 heteroatoms. The summed E-state index contributed by atoms with van der Waals surface area (Å²) in [6.07, 6.45) is 0.978. The number of hydrogen-bond donors (Lipinski definition) is 0. The van der Waals surface area contributed by atoms with E-state index in [-0.39, 0.29) is 51.4 Å². The van der Waals surface area contributed by atoms with Crippen molar-refractivity contribution in [2.45, 2.75) is 6.42 Å². The molecule has 1 nitrogen and oxygen atoms in total. The summed E-state index contributed by atoms with van der Waals surface area (Å²) in [4.78, 5) is 2.13. The van der Waals surface area contributed by atoms with E-state index in [1.54, 1.807) is 0 Å². The molecule has 8 heavy (non-hydrogen) atoms. The van der Waals surface area contributed by atoms with Crippen molar-refractivity contribution < 1.29 is 51.4 Å². The zero-order chi connectivity index (χ0) is 5.70. The zero-order valence-corrected chi connectivity index (χ0v) is 9.11. The van der Waals surface area contributed by atoms with Gasteiger partial charge in [-0.15, -0.1) is 6.54 Å². The molecule has 0 rings (SSSR count). The second-order valence-electron chi connectivity index (χ2n) is 1.66. The Morgan fingerprint density at radius 2 is 1.88 bits per heavy atom. The average molecular weight is 138 g/mol. The molecule has 0 amide bonds. The molecule has 0 heterocycles. The topological polar surface area (TPSA) is 3.24 Å². The van der Waals surface area contributed by atoms with Crippen molar-refractivity contribution in [2.75, 3.05) is 20.1 Å². The predicted molar refractivity (Wildman–Crippen MR) is 32.8 cm³/mol. The Balaban J connectivity index is 0. The third-order valence-electron chi connectivity index (χ3n) is 0.922. The van der Waals surface area contributed by atoms with Crippen LogP contribution in [0.2, 0.25) is 0 Å². The van der Waals surface area contributed by atoms with Gasteiger partial charge in [-0.05, 0) is 13.6 Å². The van der Waals surface area contributed by atoms with Crippen molar-refractivity contribution in [2.24, 2.45) is 0 Å². The van der Waals surface area contributed by atoms with Crippen LogP contribution in [-0.4, -0.2) is 25.0 Å². The third-order valence-corrected chi connectivity index (χ3v) is 0.922. The minimum Gasteiger partial charge on any atom is -0.342 e.